The molecule has 2 aliphatic heterocycles. The van der Waals surface area contributed by atoms with E-state index in [1.54, 1.807) is 6.07 Å². The summed E-state index contributed by atoms with van der Waals surface area (Å²) in [7, 11) is 0. The summed E-state index contributed by atoms with van der Waals surface area (Å²) >= 11 is 19.0. The Balaban J connectivity index is 1.56. The molecule has 0 radical (unpaired) electrons. The highest BCUT2D eigenvalue weighted by Crippen LogP contribution is 2.50. The molecule has 0 amide bonds. The number of hydrogen-bond acceptors (Lipinski definition) is 4. The summed E-state index contributed by atoms with van der Waals surface area (Å²) in [6.45, 7) is 4.01. The highest BCUT2D eigenvalue weighted by molar-refractivity contribution is 6.35. The minimum absolute atomic E-state index is 0.0442. The van der Waals surface area contributed by atoms with Gasteiger partial charge in [-0.05, 0) is 67.9 Å². The molecule has 7 heteroatoms. The van der Waals surface area contributed by atoms with Gasteiger partial charge in [0.2, 0.25) is 6.23 Å². The number of ether oxygens (including phenoxy) is 2. The molecule has 32 heavy (non-hydrogen) atoms. The molecule has 0 saturated heterocycles. The smallest absolute Gasteiger partial charge is 0.213 e. The average Bonchev–Trinajstić information content (AvgIpc) is 3.20. The van der Waals surface area contributed by atoms with Crippen LogP contribution in [0, 0.1) is 0 Å². The summed E-state index contributed by atoms with van der Waals surface area (Å²) in [6, 6.07) is 19.2. The molecule has 4 nitrogen and oxygen atoms in total. The van der Waals surface area contributed by atoms with Crippen molar-refractivity contribution in [1.29, 1.82) is 0 Å². The molecule has 5 rings (SSSR count). The van der Waals surface area contributed by atoms with Gasteiger partial charge in [-0.3, -0.25) is 0 Å². The second kappa shape index (κ2) is 8.51. The van der Waals surface area contributed by atoms with Crippen molar-refractivity contribution >= 4 is 40.5 Å². The van der Waals surface area contributed by atoms with Gasteiger partial charge in [-0.1, -0.05) is 46.9 Å². The van der Waals surface area contributed by atoms with Gasteiger partial charge in [-0.15, -0.1) is 0 Å². The van der Waals surface area contributed by atoms with Crippen LogP contribution in [0.15, 0.2) is 65.8 Å². The van der Waals surface area contributed by atoms with Gasteiger partial charge in [0.05, 0.1) is 22.9 Å². The van der Waals surface area contributed by atoms with E-state index in [9.17, 15) is 0 Å². The number of benzene rings is 3. The van der Waals surface area contributed by atoms with Crippen molar-refractivity contribution in [2.24, 2.45) is 5.10 Å². The molecule has 0 aromatic heterocycles. The number of halogens is 3. The van der Waals surface area contributed by atoms with Gasteiger partial charge < -0.3 is 9.47 Å². The van der Waals surface area contributed by atoms with E-state index in [-0.39, 0.29) is 12.1 Å². The van der Waals surface area contributed by atoms with Gasteiger partial charge in [0.1, 0.15) is 11.5 Å². The van der Waals surface area contributed by atoms with E-state index in [2.05, 4.69) is 0 Å². The van der Waals surface area contributed by atoms with Crippen LogP contribution in [0.3, 0.4) is 0 Å². The van der Waals surface area contributed by atoms with Crippen LogP contribution in [0.5, 0.6) is 11.5 Å². The van der Waals surface area contributed by atoms with E-state index in [4.69, 9.17) is 49.4 Å². The van der Waals surface area contributed by atoms with Gasteiger partial charge in [-0.25, -0.2) is 5.01 Å². The zero-order chi connectivity index (χ0) is 22.4. The van der Waals surface area contributed by atoms with E-state index in [0.717, 1.165) is 28.2 Å². The average molecular weight is 488 g/mol. The zero-order valence-electron chi connectivity index (χ0n) is 17.6. The first-order chi connectivity index (χ1) is 15.4. The lowest BCUT2D eigenvalue weighted by Gasteiger charge is -2.38. The fourth-order valence-electron chi connectivity index (χ4n) is 4.13. The Morgan fingerprint density at radius 2 is 1.69 bits per heavy atom. The van der Waals surface area contributed by atoms with Crippen LogP contribution in [0.2, 0.25) is 15.1 Å². The number of rotatable bonds is 4. The summed E-state index contributed by atoms with van der Waals surface area (Å²) in [5.74, 6) is 1.46. The quantitative estimate of drug-likeness (QED) is 0.378. The second-order valence-corrected chi connectivity index (χ2v) is 9.45. The predicted molar refractivity (Wildman–Crippen MR) is 129 cm³/mol. The minimum atomic E-state index is -0.427. The molecule has 2 atom stereocenters. The Morgan fingerprint density at radius 1 is 0.969 bits per heavy atom. The van der Waals surface area contributed by atoms with Crippen LogP contribution in [-0.4, -0.2) is 16.8 Å². The van der Waals surface area contributed by atoms with Crippen molar-refractivity contribution < 1.29 is 9.47 Å². The van der Waals surface area contributed by atoms with Crippen molar-refractivity contribution in [3.05, 3.63) is 92.4 Å². The normalized spacial score (nSPS) is 19.3. The standard InChI is InChI=1S/C25H21Cl3N2O2/c1-14(2)31-19-9-5-16(6-10-19)25-30-23(20-11-18(27)12-21(28)24(20)32-25)13-22(29-30)15-3-7-17(26)8-4-15/h3-12,14,23,25H,13H2,1-2H3/t23-,25+/m1/s1. The van der Waals surface area contributed by atoms with E-state index >= 15 is 0 Å². The molecule has 2 heterocycles. The minimum Gasteiger partial charge on any atom is -0.491 e. The zero-order valence-corrected chi connectivity index (χ0v) is 19.8. The number of fused-ring (bicyclic) bond motifs is 3. The highest BCUT2D eigenvalue weighted by atomic mass is 35.5. The van der Waals surface area contributed by atoms with Gasteiger partial charge in [-0.2, -0.15) is 5.10 Å². The summed E-state index contributed by atoms with van der Waals surface area (Å²) < 4.78 is 12.2. The summed E-state index contributed by atoms with van der Waals surface area (Å²) in [5.41, 5.74) is 3.89. The fraction of sp³-hybridized carbons (Fsp3) is 0.240. The van der Waals surface area contributed by atoms with Crippen LogP contribution in [0.4, 0.5) is 0 Å². The maximum Gasteiger partial charge on any atom is 0.213 e. The lowest BCUT2D eigenvalue weighted by Crippen LogP contribution is -2.33. The van der Waals surface area contributed by atoms with Crippen molar-refractivity contribution in [2.75, 3.05) is 0 Å². The number of hydrogen-bond donors (Lipinski definition) is 0. The van der Waals surface area contributed by atoms with Gasteiger partial charge in [0.25, 0.3) is 0 Å². The molecule has 0 N–H and O–H groups in total. The monoisotopic (exact) mass is 486 g/mol. The molecule has 3 aromatic rings. The summed E-state index contributed by atoms with van der Waals surface area (Å²) in [4.78, 5) is 0. The Labute approximate surface area is 202 Å². The van der Waals surface area contributed by atoms with Gasteiger partial charge >= 0.3 is 0 Å². The fourth-order valence-corrected chi connectivity index (χ4v) is 4.81. The van der Waals surface area contributed by atoms with Crippen molar-refractivity contribution in [1.82, 2.24) is 5.01 Å². The van der Waals surface area contributed by atoms with Crippen LogP contribution in [0.25, 0.3) is 0 Å². The summed E-state index contributed by atoms with van der Waals surface area (Å²) in [6.07, 6.45) is 0.389. The lowest BCUT2D eigenvalue weighted by molar-refractivity contribution is -0.0189. The highest BCUT2D eigenvalue weighted by Gasteiger charge is 2.42. The van der Waals surface area contributed by atoms with Crippen LogP contribution >= 0.6 is 34.8 Å². The van der Waals surface area contributed by atoms with Crippen LogP contribution < -0.4 is 9.47 Å². The molecule has 3 aromatic carbocycles. The molecule has 0 bridgehead atoms. The SMILES string of the molecule is CC(C)Oc1ccc([C@@H]2Oc3c(Cl)cc(Cl)cc3[C@H]3CC(c4ccc(Cl)cc4)=NN32)cc1. The van der Waals surface area contributed by atoms with Crippen molar-refractivity contribution in [2.45, 2.75) is 38.6 Å². The molecular formula is C25H21Cl3N2O2. The molecule has 164 valence electrons. The van der Waals surface area contributed by atoms with Crippen LogP contribution in [-0.2, 0) is 0 Å². The first kappa shape index (κ1) is 21.4. The Kier molecular flexibility index (Phi) is 5.70. The maximum atomic E-state index is 6.54. The maximum absolute atomic E-state index is 6.54. The lowest BCUT2D eigenvalue weighted by atomic mass is 9.96. The van der Waals surface area contributed by atoms with Gasteiger partial charge in [0.15, 0.2) is 0 Å². The van der Waals surface area contributed by atoms with E-state index in [1.165, 1.54) is 0 Å². The Bertz CT molecular complexity index is 1180. The first-order valence-electron chi connectivity index (χ1n) is 10.4. The van der Waals surface area contributed by atoms with E-state index in [0.29, 0.717) is 27.2 Å². The topological polar surface area (TPSA) is 34.1 Å². The predicted octanol–water partition coefficient (Wildman–Crippen LogP) is 7.68. The third kappa shape index (κ3) is 4.03. The Hall–Kier alpha value is -2.40. The molecular weight excluding hydrogens is 467 g/mol. The Morgan fingerprint density at radius 3 is 2.38 bits per heavy atom. The van der Waals surface area contributed by atoms with E-state index in [1.807, 2.05) is 73.5 Å². The van der Waals surface area contributed by atoms with Crippen LogP contribution in [0.1, 0.15) is 49.2 Å². The first-order valence-corrected chi connectivity index (χ1v) is 11.6. The molecule has 2 aliphatic rings. The molecule has 0 unspecified atom stereocenters. The third-order valence-electron chi connectivity index (χ3n) is 5.52. The summed E-state index contributed by atoms with van der Waals surface area (Å²) in [5, 5.41) is 8.72. The number of nitrogens with zero attached hydrogens (tertiary/aromatic N) is 2. The second-order valence-electron chi connectivity index (χ2n) is 8.17. The van der Waals surface area contributed by atoms with E-state index < -0.39 is 6.23 Å². The molecule has 0 saturated carbocycles. The van der Waals surface area contributed by atoms with Gasteiger partial charge in [0, 0.05) is 27.6 Å². The van der Waals surface area contributed by atoms with Crippen molar-refractivity contribution in [3.63, 3.8) is 0 Å². The molecule has 0 aliphatic carbocycles. The largest absolute Gasteiger partial charge is 0.491 e. The number of hydrazone groups is 1. The molecule has 0 spiro atoms. The third-order valence-corrected chi connectivity index (χ3v) is 6.27. The van der Waals surface area contributed by atoms with Crippen molar-refractivity contribution in [3.8, 4) is 11.5 Å². The molecule has 0 fully saturated rings.